The second-order valence-corrected chi connectivity index (χ2v) is 4.36. The molecular formula is C12H21N3. The van der Waals surface area contributed by atoms with E-state index in [-0.39, 0.29) is 0 Å². The maximum Gasteiger partial charge on any atom is 0.126 e. The van der Waals surface area contributed by atoms with Crippen LogP contribution in [0.3, 0.4) is 0 Å². The third kappa shape index (κ3) is 4.30. The highest BCUT2D eigenvalue weighted by molar-refractivity contribution is 5.38. The van der Waals surface area contributed by atoms with Crippen molar-refractivity contribution < 1.29 is 0 Å². The summed E-state index contributed by atoms with van der Waals surface area (Å²) in [7, 11) is 4.14. The minimum Gasteiger partial charge on any atom is -0.369 e. The minimum absolute atomic E-state index is 0.558. The summed E-state index contributed by atoms with van der Waals surface area (Å²) in [6, 6.07) is 4.20. The lowest BCUT2D eigenvalue weighted by molar-refractivity contribution is 0.425. The number of hydrogen-bond donors (Lipinski definition) is 1. The van der Waals surface area contributed by atoms with Gasteiger partial charge < -0.3 is 10.2 Å². The van der Waals surface area contributed by atoms with Gasteiger partial charge in [0.15, 0.2) is 0 Å². The van der Waals surface area contributed by atoms with Gasteiger partial charge in [-0.25, -0.2) is 4.98 Å². The lowest BCUT2D eigenvalue weighted by Gasteiger charge is -2.12. The first-order valence-corrected chi connectivity index (χ1v) is 5.44. The fourth-order valence-electron chi connectivity index (χ4n) is 1.31. The van der Waals surface area contributed by atoms with Crippen molar-refractivity contribution >= 4 is 5.82 Å². The van der Waals surface area contributed by atoms with Crippen molar-refractivity contribution in [2.75, 3.05) is 32.5 Å². The summed E-state index contributed by atoms with van der Waals surface area (Å²) in [5, 5.41) is 3.32. The fraction of sp³-hybridized carbons (Fsp3) is 0.583. The Morgan fingerprint density at radius 2 is 2.13 bits per heavy atom. The molecule has 0 unspecified atom stereocenters. The normalized spacial score (nSPS) is 11.1. The zero-order valence-electron chi connectivity index (χ0n) is 10.1. The molecule has 0 amide bonds. The van der Waals surface area contributed by atoms with Crippen LogP contribution in [0.25, 0.3) is 0 Å². The summed E-state index contributed by atoms with van der Waals surface area (Å²) in [5.41, 5.74) is 1.33. The number of rotatable bonds is 5. The Morgan fingerprint density at radius 1 is 1.40 bits per heavy atom. The molecule has 0 aromatic carbocycles. The molecule has 1 N–H and O–H groups in total. The third-order valence-electron chi connectivity index (χ3n) is 2.32. The number of likely N-dealkylation sites (N-methyl/N-ethyl adjacent to an activating group) is 1. The van der Waals surface area contributed by atoms with Crippen LogP contribution in [0.2, 0.25) is 0 Å². The summed E-state index contributed by atoms with van der Waals surface area (Å²) in [4.78, 5) is 6.44. The second kappa shape index (κ2) is 5.71. The number of nitrogens with zero attached hydrogens (tertiary/aromatic N) is 2. The molecule has 1 rings (SSSR count). The zero-order valence-corrected chi connectivity index (χ0v) is 10.1. The van der Waals surface area contributed by atoms with Crippen LogP contribution in [0.5, 0.6) is 0 Å². The maximum atomic E-state index is 4.29. The molecule has 0 saturated heterocycles. The van der Waals surface area contributed by atoms with Crippen LogP contribution < -0.4 is 5.32 Å². The summed E-state index contributed by atoms with van der Waals surface area (Å²) in [6.45, 7) is 6.34. The van der Waals surface area contributed by atoms with Crippen molar-refractivity contribution in [2.45, 2.75) is 19.8 Å². The van der Waals surface area contributed by atoms with Crippen LogP contribution in [0, 0.1) is 0 Å². The molecule has 0 spiro atoms. The smallest absolute Gasteiger partial charge is 0.126 e. The summed E-state index contributed by atoms with van der Waals surface area (Å²) < 4.78 is 0. The van der Waals surface area contributed by atoms with Crippen molar-refractivity contribution in [1.29, 1.82) is 0 Å². The SMILES string of the molecule is CC(C)c1ccnc(NCCN(C)C)c1. The Labute approximate surface area is 92.5 Å². The Morgan fingerprint density at radius 3 is 2.73 bits per heavy atom. The van der Waals surface area contributed by atoms with Gasteiger partial charge in [0.1, 0.15) is 5.82 Å². The van der Waals surface area contributed by atoms with Gasteiger partial charge in [0.25, 0.3) is 0 Å². The van der Waals surface area contributed by atoms with E-state index in [0.717, 1.165) is 18.9 Å². The van der Waals surface area contributed by atoms with Gasteiger partial charge in [0.2, 0.25) is 0 Å². The Hall–Kier alpha value is -1.09. The Bertz CT molecular complexity index is 295. The van der Waals surface area contributed by atoms with E-state index >= 15 is 0 Å². The fourth-order valence-corrected chi connectivity index (χ4v) is 1.31. The van der Waals surface area contributed by atoms with Crippen LogP contribution in [0.15, 0.2) is 18.3 Å². The van der Waals surface area contributed by atoms with E-state index in [1.807, 2.05) is 6.20 Å². The predicted octanol–water partition coefficient (Wildman–Crippen LogP) is 2.18. The van der Waals surface area contributed by atoms with Gasteiger partial charge in [-0.2, -0.15) is 0 Å². The quantitative estimate of drug-likeness (QED) is 0.802. The largest absolute Gasteiger partial charge is 0.369 e. The molecule has 0 bridgehead atoms. The van der Waals surface area contributed by atoms with Crippen molar-refractivity contribution in [3.63, 3.8) is 0 Å². The molecule has 0 aliphatic heterocycles. The molecule has 1 aromatic heterocycles. The Kier molecular flexibility index (Phi) is 4.56. The van der Waals surface area contributed by atoms with Gasteiger partial charge in [0.05, 0.1) is 0 Å². The maximum absolute atomic E-state index is 4.29. The highest BCUT2D eigenvalue weighted by Gasteiger charge is 2.00. The molecule has 0 radical (unpaired) electrons. The molecule has 1 heterocycles. The highest BCUT2D eigenvalue weighted by atomic mass is 15.1. The average Bonchev–Trinajstić information content (AvgIpc) is 2.17. The first-order chi connectivity index (χ1) is 7.09. The van der Waals surface area contributed by atoms with Crippen LogP contribution >= 0.6 is 0 Å². The monoisotopic (exact) mass is 207 g/mol. The van der Waals surface area contributed by atoms with Gasteiger partial charge in [-0.1, -0.05) is 13.8 Å². The van der Waals surface area contributed by atoms with E-state index in [2.05, 4.69) is 55.3 Å². The Balaban J connectivity index is 2.50. The minimum atomic E-state index is 0.558. The van der Waals surface area contributed by atoms with Crippen LogP contribution in [0.1, 0.15) is 25.3 Å². The van der Waals surface area contributed by atoms with E-state index in [9.17, 15) is 0 Å². The molecule has 0 aliphatic carbocycles. The zero-order chi connectivity index (χ0) is 11.3. The molecule has 3 heteroatoms. The summed E-state index contributed by atoms with van der Waals surface area (Å²) in [6.07, 6.45) is 1.87. The van der Waals surface area contributed by atoms with Crippen LogP contribution in [-0.4, -0.2) is 37.1 Å². The predicted molar refractivity (Wildman–Crippen MR) is 65.4 cm³/mol. The van der Waals surface area contributed by atoms with Gasteiger partial charge >= 0.3 is 0 Å². The third-order valence-corrected chi connectivity index (χ3v) is 2.32. The molecular weight excluding hydrogens is 186 g/mol. The lowest BCUT2D eigenvalue weighted by Crippen LogP contribution is -2.21. The van der Waals surface area contributed by atoms with Gasteiger partial charge in [0, 0.05) is 19.3 Å². The second-order valence-electron chi connectivity index (χ2n) is 4.36. The molecule has 3 nitrogen and oxygen atoms in total. The van der Waals surface area contributed by atoms with E-state index in [1.165, 1.54) is 5.56 Å². The van der Waals surface area contributed by atoms with Gasteiger partial charge in [-0.15, -0.1) is 0 Å². The molecule has 1 aromatic rings. The average molecular weight is 207 g/mol. The van der Waals surface area contributed by atoms with Crippen LogP contribution in [0.4, 0.5) is 5.82 Å². The molecule has 15 heavy (non-hydrogen) atoms. The molecule has 0 saturated carbocycles. The molecule has 0 atom stereocenters. The van der Waals surface area contributed by atoms with E-state index in [4.69, 9.17) is 0 Å². The van der Waals surface area contributed by atoms with Crippen molar-refractivity contribution in [3.8, 4) is 0 Å². The van der Waals surface area contributed by atoms with Crippen molar-refractivity contribution in [1.82, 2.24) is 9.88 Å². The number of aromatic nitrogens is 1. The van der Waals surface area contributed by atoms with E-state index in [0.29, 0.717) is 5.92 Å². The number of hydrogen-bond acceptors (Lipinski definition) is 3. The highest BCUT2D eigenvalue weighted by Crippen LogP contribution is 2.15. The van der Waals surface area contributed by atoms with Gasteiger partial charge in [-0.05, 0) is 37.7 Å². The van der Waals surface area contributed by atoms with Crippen molar-refractivity contribution in [3.05, 3.63) is 23.9 Å². The van der Waals surface area contributed by atoms with E-state index < -0.39 is 0 Å². The first kappa shape index (κ1) is 12.0. The molecule has 0 aliphatic rings. The number of anilines is 1. The van der Waals surface area contributed by atoms with Crippen LogP contribution in [-0.2, 0) is 0 Å². The first-order valence-electron chi connectivity index (χ1n) is 5.44. The summed E-state index contributed by atoms with van der Waals surface area (Å²) >= 11 is 0. The summed E-state index contributed by atoms with van der Waals surface area (Å²) in [5.74, 6) is 1.53. The number of pyridine rings is 1. The van der Waals surface area contributed by atoms with Gasteiger partial charge in [-0.3, -0.25) is 0 Å². The van der Waals surface area contributed by atoms with Crippen molar-refractivity contribution in [2.24, 2.45) is 0 Å². The number of nitrogens with one attached hydrogen (secondary N) is 1. The standard InChI is InChI=1S/C12H21N3/c1-10(2)11-5-6-13-12(9-11)14-7-8-15(3)4/h5-6,9-10H,7-8H2,1-4H3,(H,13,14). The topological polar surface area (TPSA) is 28.2 Å². The van der Waals surface area contributed by atoms with E-state index in [1.54, 1.807) is 0 Å². The lowest BCUT2D eigenvalue weighted by atomic mass is 10.1. The molecule has 0 fully saturated rings. The molecule has 84 valence electrons.